The Hall–Kier alpha value is -1.72. The van der Waals surface area contributed by atoms with Crippen LogP contribution in [0.4, 0.5) is 4.39 Å². The summed E-state index contributed by atoms with van der Waals surface area (Å²) in [5.74, 6) is -0.357. The summed E-state index contributed by atoms with van der Waals surface area (Å²) < 4.78 is 23.4. The van der Waals surface area contributed by atoms with E-state index in [9.17, 15) is 9.50 Å². The van der Waals surface area contributed by atoms with Gasteiger partial charge in [0.25, 0.3) is 0 Å². The number of benzene rings is 2. The lowest BCUT2D eigenvalue weighted by Gasteiger charge is -2.17. The van der Waals surface area contributed by atoms with Gasteiger partial charge in [0.15, 0.2) is 0 Å². The highest BCUT2D eigenvalue weighted by Gasteiger charge is 2.17. The van der Waals surface area contributed by atoms with Crippen LogP contribution >= 0.6 is 15.9 Å². The van der Waals surface area contributed by atoms with Crippen molar-refractivity contribution in [2.24, 2.45) is 0 Å². The molecule has 0 amide bonds. The zero-order valence-corrected chi connectivity index (χ0v) is 13.1. The van der Waals surface area contributed by atoms with Gasteiger partial charge in [-0.25, -0.2) is 9.37 Å². The van der Waals surface area contributed by atoms with E-state index >= 15 is 0 Å². The number of hydrogen-bond donors (Lipinski definition) is 1. The van der Waals surface area contributed by atoms with Crippen LogP contribution in [0.2, 0.25) is 0 Å². The zero-order chi connectivity index (χ0) is 16.1. The Bertz CT molecular complexity index is 870. The van der Waals surface area contributed by atoms with Crippen LogP contribution in [0.3, 0.4) is 0 Å². The molecule has 5 heteroatoms. The minimum atomic E-state index is -0.973. The van der Waals surface area contributed by atoms with Gasteiger partial charge >= 0.3 is 0 Å². The summed E-state index contributed by atoms with van der Waals surface area (Å²) in [7, 11) is 0. The summed E-state index contributed by atoms with van der Waals surface area (Å²) in [6, 6.07) is 9.93. The Morgan fingerprint density at radius 1 is 1.29 bits per heavy atom. The third-order valence-corrected chi connectivity index (χ3v) is 3.96. The molecule has 1 aromatic heterocycles. The molecule has 0 aliphatic rings. The summed E-state index contributed by atoms with van der Waals surface area (Å²) in [4.78, 5) is 4.23. The van der Waals surface area contributed by atoms with Gasteiger partial charge in [0.2, 0.25) is 0 Å². The standard InChI is InChI=1S/C16H14BrFN2O/c1-16(2,21)10-3-6-15-14(7-10)19-9-20(15)11-4-5-13(18)12(17)8-11/h3-9,21H,1-2H3/i9D. The van der Waals surface area contributed by atoms with Crippen molar-refractivity contribution >= 4 is 27.0 Å². The van der Waals surface area contributed by atoms with Gasteiger partial charge < -0.3 is 5.11 Å². The smallest absolute Gasteiger partial charge is 0.137 e. The summed E-state index contributed by atoms with van der Waals surface area (Å²) in [6.45, 7) is 3.40. The van der Waals surface area contributed by atoms with Crippen LogP contribution in [0.1, 0.15) is 20.8 Å². The maximum absolute atomic E-state index is 13.4. The highest BCUT2D eigenvalue weighted by atomic mass is 79.9. The van der Waals surface area contributed by atoms with Crippen molar-refractivity contribution in [3.8, 4) is 5.69 Å². The fourth-order valence-corrected chi connectivity index (χ4v) is 2.53. The van der Waals surface area contributed by atoms with Gasteiger partial charge in [-0.1, -0.05) is 6.07 Å². The molecule has 0 aliphatic carbocycles. The molecule has 0 fully saturated rings. The van der Waals surface area contributed by atoms with Crippen LogP contribution in [-0.2, 0) is 5.60 Å². The van der Waals surface area contributed by atoms with Crippen LogP contribution in [-0.4, -0.2) is 14.7 Å². The molecule has 1 N–H and O–H groups in total. The molecule has 1 heterocycles. The lowest BCUT2D eigenvalue weighted by atomic mass is 9.98. The van der Waals surface area contributed by atoms with E-state index in [0.29, 0.717) is 15.7 Å². The van der Waals surface area contributed by atoms with E-state index < -0.39 is 5.60 Å². The Morgan fingerprint density at radius 2 is 2.05 bits per heavy atom. The Morgan fingerprint density at radius 3 is 2.71 bits per heavy atom. The molecule has 3 aromatic rings. The van der Waals surface area contributed by atoms with Crippen LogP contribution in [0.25, 0.3) is 16.7 Å². The molecular weight excluding hydrogens is 335 g/mol. The molecule has 0 spiro atoms. The average Bonchev–Trinajstić information content (AvgIpc) is 2.76. The van der Waals surface area contributed by atoms with Crippen LogP contribution in [0, 0.1) is 5.82 Å². The third kappa shape index (κ3) is 2.59. The maximum atomic E-state index is 13.4. The van der Waals surface area contributed by atoms with Gasteiger partial charge in [-0.3, -0.25) is 4.57 Å². The van der Waals surface area contributed by atoms with E-state index in [2.05, 4.69) is 20.9 Å². The first kappa shape index (κ1) is 13.0. The van der Waals surface area contributed by atoms with Gasteiger partial charge in [-0.05, 0) is 65.7 Å². The molecule has 108 valence electrons. The number of imidazole rings is 1. The van der Waals surface area contributed by atoms with E-state index in [-0.39, 0.29) is 12.1 Å². The summed E-state index contributed by atoms with van der Waals surface area (Å²) in [5.41, 5.74) is 1.75. The van der Waals surface area contributed by atoms with E-state index in [1.807, 2.05) is 6.07 Å². The first-order chi connectivity index (χ1) is 10.3. The van der Waals surface area contributed by atoms with E-state index in [0.717, 1.165) is 11.1 Å². The van der Waals surface area contributed by atoms with Crippen molar-refractivity contribution < 1.29 is 10.9 Å². The van der Waals surface area contributed by atoms with Crippen molar-refractivity contribution in [2.75, 3.05) is 0 Å². The Balaban J connectivity index is 2.22. The molecule has 0 aliphatic heterocycles. The van der Waals surface area contributed by atoms with Gasteiger partial charge in [0, 0.05) is 5.69 Å². The van der Waals surface area contributed by atoms with Gasteiger partial charge in [0.1, 0.15) is 13.5 Å². The lowest BCUT2D eigenvalue weighted by molar-refractivity contribution is 0.0787. The monoisotopic (exact) mass is 349 g/mol. The van der Waals surface area contributed by atoms with Gasteiger partial charge in [0.05, 0.1) is 21.1 Å². The number of aliphatic hydroxyl groups is 1. The highest BCUT2D eigenvalue weighted by Crippen LogP contribution is 2.26. The normalized spacial score (nSPS) is 12.7. The fraction of sp³-hybridized carbons (Fsp3) is 0.188. The molecule has 0 saturated heterocycles. The molecule has 3 rings (SSSR count). The Labute approximate surface area is 131 Å². The maximum Gasteiger partial charge on any atom is 0.137 e. The van der Waals surface area contributed by atoms with Crippen molar-refractivity contribution in [3.05, 3.63) is 58.6 Å². The number of halogens is 2. The number of nitrogens with zero attached hydrogens (tertiary/aromatic N) is 2. The SMILES string of the molecule is [2H]c1nc2cc(C(C)(C)O)ccc2n1-c1ccc(F)c(Br)c1. The van der Waals surface area contributed by atoms with Crippen molar-refractivity contribution in [1.29, 1.82) is 0 Å². The van der Waals surface area contributed by atoms with E-state index in [1.54, 1.807) is 42.7 Å². The van der Waals surface area contributed by atoms with E-state index in [1.165, 1.54) is 6.07 Å². The number of hydrogen-bond acceptors (Lipinski definition) is 2. The minimum Gasteiger partial charge on any atom is -0.386 e. The summed E-state index contributed by atoms with van der Waals surface area (Å²) >= 11 is 3.15. The molecule has 0 radical (unpaired) electrons. The molecular formula is C16H14BrFN2O. The van der Waals surface area contributed by atoms with E-state index in [4.69, 9.17) is 1.37 Å². The predicted molar refractivity (Wildman–Crippen MR) is 84.0 cm³/mol. The van der Waals surface area contributed by atoms with Crippen LogP contribution in [0.15, 0.2) is 47.2 Å². The minimum absolute atomic E-state index is 0.0569. The topological polar surface area (TPSA) is 38.1 Å². The number of aromatic nitrogens is 2. The fourth-order valence-electron chi connectivity index (χ4n) is 2.16. The number of rotatable bonds is 2. The molecule has 0 unspecified atom stereocenters. The van der Waals surface area contributed by atoms with Gasteiger partial charge in [-0.2, -0.15) is 0 Å². The second-order valence-corrected chi connectivity index (χ2v) is 6.26. The van der Waals surface area contributed by atoms with Crippen molar-refractivity contribution in [3.63, 3.8) is 0 Å². The first-order valence-electron chi connectivity index (χ1n) is 6.95. The summed E-state index contributed by atoms with van der Waals surface area (Å²) in [6.07, 6.45) is 0.0569. The lowest BCUT2D eigenvalue weighted by Crippen LogP contribution is -2.15. The molecule has 3 nitrogen and oxygen atoms in total. The molecule has 2 aromatic carbocycles. The highest BCUT2D eigenvalue weighted by molar-refractivity contribution is 9.10. The molecule has 0 atom stereocenters. The van der Waals surface area contributed by atoms with Crippen LogP contribution < -0.4 is 0 Å². The Kier molecular flexibility index (Phi) is 3.05. The quantitative estimate of drug-likeness (QED) is 0.754. The van der Waals surface area contributed by atoms with Crippen LogP contribution in [0.5, 0.6) is 0 Å². The molecule has 21 heavy (non-hydrogen) atoms. The average molecular weight is 350 g/mol. The predicted octanol–water partition coefficient (Wildman–Crippen LogP) is 4.15. The van der Waals surface area contributed by atoms with Gasteiger partial charge in [-0.15, -0.1) is 0 Å². The van der Waals surface area contributed by atoms with Crippen molar-refractivity contribution in [2.45, 2.75) is 19.4 Å². The third-order valence-electron chi connectivity index (χ3n) is 3.35. The number of fused-ring (bicyclic) bond motifs is 1. The first-order valence-corrected chi connectivity index (χ1v) is 7.24. The largest absolute Gasteiger partial charge is 0.386 e. The molecule has 0 bridgehead atoms. The van der Waals surface area contributed by atoms with Crippen molar-refractivity contribution in [1.82, 2.24) is 9.55 Å². The molecule has 0 saturated carbocycles. The zero-order valence-electron chi connectivity index (χ0n) is 12.6. The summed E-state index contributed by atoms with van der Waals surface area (Å²) in [5, 5.41) is 10.1. The second-order valence-electron chi connectivity index (χ2n) is 5.41. The second kappa shape index (κ2) is 4.93.